The molecule has 0 saturated heterocycles. The van der Waals surface area contributed by atoms with E-state index in [1.807, 2.05) is 13.0 Å². The fourth-order valence-corrected chi connectivity index (χ4v) is 0.918. The van der Waals surface area contributed by atoms with Crippen LogP contribution in [-0.4, -0.2) is 0 Å². The predicted octanol–water partition coefficient (Wildman–Crippen LogP) is 2.67. The Hall–Kier alpha value is -1.62. The maximum atomic E-state index is 12.7. The molecule has 1 rings (SSSR count). The minimum absolute atomic E-state index is 0.279. The van der Waals surface area contributed by atoms with Gasteiger partial charge in [0.1, 0.15) is 5.82 Å². The van der Waals surface area contributed by atoms with Gasteiger partial charge in [-0.15, -0.1) is 0 Å². The maximum absolute atomic E-state index is 12.7. The molecule has 0 heterocycles. The summed E-state index contributed by atoms with van der Waals surface area (Å²) in [6.45, 7) is 1.87. The molecule has 0 bridgehead atoms. The van der Waals surface area contributed by atoms with E-state index in [1.165, 1.54) is 18.2 Å². The van der Waals surface area contributed by atoms with Crippen molar-refractivity contribution < 1.29 is 4.39 Å². The summed E-state index contributed by atoms with van der Waals surface area (Å²) in [5.41, 5.74) is 1.71. The number of halogens is 1. The molecule has 1 aromatic rings. The van der Waals surface area contributed by atoms with Crippen LogP contribution < -0.4 is 0 Å². The van der Waals surface area contributed by atoms with E-state index in [-0.39, 0.29) is 5.82 Å². The van der Waals surface area contributed by atoms with Crippen LogP contribution in [0.1, 0.15) is 11.1 Å². The van der Waals surface area contributed by atoms with Gasteiger partial charge in [0, 0.05) is 6.08 Å². The Morgan fingerprint density at radius 3 is 2.92 bits per heavy atom. The van der Waals surface area contributed by atoms with Crippen molar-refractivity contribution in [3.63, 3.8) is 0 Å². The Balaban J connectivity index is 3.07. The largest absolute Gasteiger partial charge is 0.207 e. The van der Waals surface area contributed by atoms with Crippen LogP contribution >= 0.6 is 0 Å². The van der Waals surface area contributed by atoms with Crippen molar-refractivity contribution in [2.75, 3.05) is 0 Å². The SMILES string of the molecule is Cc1ccc(F)cc1/C=C/C#N. The fourth-order valence-electron chi connectivity index (χ4n) is 0.918. The molecule has 0 aliphatic rings. The first kappa shape index (κ1) is 8.48. The van der Waals surface area contributed by atoms with Gasteiger partial charge in [0.15, 0.2) is 0 Å². The van der Waals surface area contributed by atoms with Crippen molar-refractivity contribution in [2.24, 2.45) is 0 Å². The molecule has 60 valence electrons. The Kier molecular flexibility index (Phi) is 2.60. The van der Waals surface area contributed by atoms with E-state index in [1.54, 1.807) is 12.1 Å². The summed E-state index contributed by atoms with van der Waals surface area (Å²) in [6, 6.07) is 6.35. The molecule has 0 fully saturated rings. The number of hydrogen-bond donors (Lipinski definition) is 0. The molecule has 0 spiro atoms. The van der Waals surface area contributed by atoms with Crippen molar-refractivity contribution in [2.45, 2.75) is 6.92 Å². The van der Waals surface area contributed by atoms with E-state index in [9.17, 15) is 4.39 Å². The highest BCUT2D eigenvalue weighted by molar-refractivity contribution is 5.55. The van der Waals surface area contributed by atoms with E-state index < -0.39 is 0 Å². The molecule has 0 radical (unpaired) electrons. The summed E-state index contributed by atoms with van der Waals surface area (Å²) < 4.78 is 12.7. The molecule has 0 saturated carbocycles. The Morgan fingerprint density at radius 2 is 2.25 bits per heavy atom. The summed E-state index contributed by atoms with van der Waals surface area (Å²) in [7, 11) is 0. The highest BCUT2D eigenvalue weighted by Crippen LogP contribution is 2.11. The summed E-state index contributed by atoms with van der Waals surface area (Å²) >= 11 is 0. The molecule has 0 aliphatic heterocycles. The zero-order chi connectivity index (χ0) is 8.97. The van der Waals surface area contributed by atoms with Gasteiger partial charge in [-0.3, -0.25) is 0 Å². The lowest BCUT2D eigenvalue weighted by Gasteiger charge is -1.97. The molecule has 0 amide bonds. The van der Waals surface area contributed by atoms with Gasteiger partial charge < -0.3 is 0 Å². The van der Waals surface area contributed by atoms with Crippen molar-refractivity contribution in [3.05, 3.63) is 41.2 Å². The molecule has 0 aromatic heterocycles. The van der Waals surface area contributed by atoms with Crippen molar-refractivity contribution in [3.8, 4) is 6.07 Å². The van der Waals surface area contributed by atoms with Crippen LogP contribution in [0.15, 0.2) is 24.3 Å². The predicted molar refractivity (Wildman–Crippen MR) is 45.8 cm³/mol. The summed E-state index contributed by atoms with van der Waals surface area (Å²) in [5, 5.41) is 8.26. The van der Waals surface area contributed by atoms with E-state index in [0.29, 0.717) is 0 Å². The van der Waals surface area contributed by atoms with Gasteiger partial charge in [0.25, 0.3) is 0 Å². The molecule has 12 heavy (non-hydrogen) atoms. The zero-order valence-electron chi connectivity index (χ0n) is 6.71. The lowest BCUT2D eigenvalue weighted by Crippen LogP contribution is -1.81. The second-order valence-corrected chi connectivity index (χ2v) is 2.46. The third kappa shape index (κ3) is 1.93. The van der Waals surface area contributed by atoms with Gasteiger partial charge in [-0.1, -0.05) is 6.07 Å². The van der Waals surface area contributed by atoms with Crippen molar-refractivity contribution >= 4 is 6.08 Å². The standard InChI is InChI=1S/C10H8FN/c1-8-4-5-10(11)7-9(8)3-2-6-12/h2-5,7H,1H3/b3-2+. The molecule has 1 nitrogen and oxygen atoms in total. The molecule has 0 aliphatic carbocycles. The Morgan fingerprint density at radius 1 is 1.50 bits per heavy atom. The van der Waals surface area contributed by atoms with Gasteiger partial charge in [0.05, 0.1) is 6.07 Å². The first-order valence-corrected chi connectivity index (χ1v) is 3.56. The first-order valence-electron chi connectivity index (χ1n) is 3.56. The Labute approximate surface area is 70.8 Å². The number of allylic oxidation sites excluding steroid dienone is 1. The first-order chi connectivity index (χ1) is 5.74. The molecule has 0 N–H and O–H groups in total. The van der Waals surface area contributed by atoms with Crippen LogP contribution in [0.25, 0.3) is 6.08 Å². The summed E-state index contributed by atoms with van der Waals surface area (Å²) in [6.07, 6.45) is 2.93. The van der Waals surface area contributed by atoms with Gasteiger partial charge in [-0.2, -0.15) is 5.26 Å². The average Bonchev–Trinajstić information content (AvgIpc) is 2.07. The molecule has 1 aromatic carbocycles. The maximum Gasteiger partial charge on any atom is 0.123 e. The fraction of sp³-hybridized carbons (Fsp3) is 0.100. The monoisotopic (exact) mass is 161 g/mol. The second kappa shape index (κ2) is 3.68. The number of nitriles is 1. The van der Waals surface area contributed by atoms with Crippen molar-refractivity contribution in [1.82, 2.24) is 0 Å². The summed E-state index contributed by atoms with van der Waals surface area (Å²) in [4.78, 5) is 0. The third-order valence-electron chi connectivity index (χ3n) is 1.58. The molecule has 2 heteroatoms. The minimum atomic E-state index is -0.279. The van der Waals surface area contributed by atoms with Crippen LogP contribution in [0.2, 0.25) is 0 Å². The lowest BCUT2D eigenvalue weighted by molar-refractivity contribution is 0.627. The van der Waals surface area contributed by atoms with E-state index >= 15 is 0 Å². The highest BCUT2D eigenvalue weighted by atomic mass is 19.1. The number of aryl methyl sites for hydroxylation is 1. The van der Waals surface area contributed by atoms with Crippen LogP contribution in [0.5, 0.6) is 0 Å². The van der Waals surface area contributed by atoms with Crippen LogP contribution in [-0.2, 0) is 0 Å². The van der Waals surface area contributed by atoms with E-state index in [2.05, 4.69) is 0 Å². The van der Waals surface area contributed by atoms with E-state index in [0.717, 1.165) is 11.1 Å². The quantitative estimate of drug-likeness (QED) is 0.581. The minimum Gasteiger partial charge on any atom is -0.207 e. The molecule has 0 unspecified atom stereocenters. The summed E-state index contributed by atoms with van der Waals surface area (Å²) in [5.74, 6) is -0.279. The zero-order valence-corrected chi connectivity index (χ0v) is 6.71. The third-order valence-corrected chi connectivity index (χ3v) is 1.58. The van der Waals surface area contributed by atoms with Gasteiger partial charge in [-0.25, -0.2) is 4.39 Å². The van der Waals surface area contributed by atoms with E-state index in [4.69, 9.17) is 5.26 Å². The van der Waals surface area contributed by atoms with Crippen LogP contribution in [0.4, 0.5) is 4.39 Å². The second-order valence-electron chi connectivity index (χ2n) is 2.46. The smallest absolute Gasteiger partial charge is 0.123 e. The number of rotatable bonds is 1. The number of hydrogen-bond acceptors (Lipinski definition) is 1. The van der Waals surface area contributed by atoms with Crippen molar-refractivity contribution in [1.29, 1.82) is 5.26 Å². The van der Waals surface area contributed by atoms with Crippen LogP contribution in [0, 0.1) is 24.1 Å². The van der Waals surface area contributed by atoms with Gasteiger partial charge in [0.2, 0.25) is 0 Å². The molecular weight excluding hydrogens is 153 g/mol. The van der Waals surface area contributed by atoms with Gasteiger partial charge >= 0.3 is 0 Å². The van der Waals surface area contributed by atoms with Crippen LogP contribution in [0.3, 0.4) is 0 Å². The normalized spacial score (nSPS) is 10.1. The topological polar surface area (TPSA) is 23.8 Å². The highest BCUT2D eigenvalue weighted by Gasteiger charge is 1.95. The number of benzene rings is 1. The van der Waals surface area contributed by atoms with Gasteiger partial charge in [-0.05, 0) is 36.3 Å². The number of nitrogens with zero attached hydrogens (tertiary/aromatic N) is 1. The lowest BCUT2D eigenvalue weighted by atomic mass is 10.1. The molecule has 0 atom stereocenters. The Bertz CT molecular complexity index is 347. The average molecular weight is 161 g/mol. The molecular formula is C10H8FN.